The third kappa shape index (κ3) is 5.02. The van der Waals surface area contributed by atoms with E-state index in [1.807, 2.05) is 0 Å². The van der Waals surface area contributed by atoms with Gasteiger partial charge in [-0.15, -0.1) is 0 Å². The maximum atomic E-state index is 12.3. The van der Waals surface area contributed by atoms with Crippen LogP contribution in [-0.4, -0.2) is 56.7 Å². The summed E-state index contributed by atoms with van der Waals surface area (Å²) in [6, 6.07) is 0. The Hall–Kier alpha value is -0.920. The summed E-state index contributed by atoms with van der Waals surface area (Å²) in [5.41, 5.74) is 1.44. The summed E-state index contributed by atoms with van der Waals surface area (Å²) in [5, 5.41) is 2.99. The minimum absolute atomic E-state index is 0.0138. The molecular weight excluding hydrogens is 314 g/mol. The Bertz CT molecular complexity index is 543. The van der Waals surface area contributed by atoms with Gasteiger partial charge in [0.15, 0.2) is 0 Å². The molecule has 6 nitrogen and oxygen atoms in total. The Morgan fingerprint density at radius 3 is 2.78 bits per heavy atom. The summed E-state index contributed by atoms with van der Waals surface area (Å²) in [4.78, 5) is 12.3. The Morgan fingerprint density at radius 2 is 2.13 bits per heavy atom. The first-order valence-electron chi connectivity index (χ1n) is 8.54. The first kappa shape index (κ1) is 18.4. The van der Waals surface area contributed by atoms with Crippen LogP contribution in [0.15, 0.2) is 11.6 Å². The van der Waals surface area contributed by atoms with Crippen molar-refractivity contribution in [2.75, 3.05) is 33.7 Å². The molecule has 1 heterocycles. The zero-order chi connectivity index (χ0) is 16.9. The van der Waals surface area contributed by atoms with Crippen LogP contribution in [0.3, 0.4) is 0 Å². The van der Waals surface area contributed by atoms with Crippen molar-refractivity contribution >= 4 is 16.1 Å². The third-order valence-electron chi connectivity index (χ3n) is 4.67. The lowest BCUT2D eigenvalue weighted by molar-refractivity contribution is -0.126. The van der Waals surface area contributed by atoms with E-state index in [1.165, 1.54) is 41.1 Å². The fourth-order valence-electron chi connectivity index (χ4n) is 3.22. The van der Waals surface area contributed by atoms with Crippen molar-refractivity contribution in [1.82, 2.24) is 13.9 Å². The average molecular weight is 343 g/mol. The summed E-state index contributed by atoms with van der Waals surface area (Å²) >= 11 is 0. The highest BCUT2D eigenvalue weighted by Gasteiger charge is 2.33. The van der Waals surface area contributed by atoms with Crippen LogP contribution in [0.25, 0.3) is 0 Å². The zero-order valence-corrected chi connectivity index (χ0v) is 15.1. The maximum absolute atomic E-state index is 12.3. The van der Waals surface area contributed by atoms with Crippen molar-refractivity contribution in [3.63, 3.8) is 0 Å². The van der Waals surface area contributed by atoms with Crippen LogP contribution < -0.4 is 5.32 Å². The van der Waals surface area contributed by atoms with Gasteiger partial charge in [0, 0.05) is 33.7 Å². The van der Waals surface area contributed by atoms with Crippen molar-refractivity contribution in [1.29, 1.82) is 0 Å². The Kier molecular flexibility index (Phi) is 6.61. The van der Waals surface area contributed by atoms with E-state index >= 15 is 0 Å². The largest absolute Gasteiger partial charge is 0.356 e. The fourth-order valence-corrected chi connectivity index (χ4v) is 4.41. The van der Waals surface area contributed by atoms with E-state index < -0.39 is 10.2 Å². The molecule has 2 aliphatic rings. The minimum atomic E-state index is -3.43. The number of allylic oxidation sites excluding steroid dienone is 1. The van der Waals surface area contributed by atoms with Gasteiger partial charge in [0.05, 0.1) is 5.92 Å². The molecule has 0 aromatic heterocycles. The summed E-state index contributed by atoms with van der Waals surface area (Å²) < 4.78 is 27.0. The summed E-state index contributed by atoms with van der Waals surface area (Å²) in [6.45, 7) is 1.44. The van der Waals surface area contributed by atoms with Crippen molar-refractivity contribution < 1.29 is 13.2 Å². The second-order valence-corrected chi connectivity index (χ2v) is 8.78. The number of nitrogens with zero attached hydrogens (tertiary/aromatic N) is 2. The van der Waals surface area contributed by atoms with Gasteiger partial charge in [-0.3, -0.25) is 4.79 Å². The van der Waals surface area contributed by atoms with Gasteiger partial charge in [0.1, 0.15) is 0 Å². The lowest BCUT2D eigenvalue weighted by Crippen LogP contribution is -2.48. The molecule has 132 valence electrons. The molecular formula is C16H29N3O3S. The number of rotatable bonds is 6. The first-order chi connectivity index (χ1) is 10.9. The second-order valence-electron chi connectivity index (χ2n) is 6.64. The number of piperidine rings is 1. The fraction of sp³-hybridized carbons (Fsp3) is 0.812. The van der Waals surface area contributed by atoms with E-state index in [0.717, 1.165) is 32.1 Å². The van der Waals surface area contributed by atoms with E-state index in [1.54, 1.807) is 0 Å². The normalized spacial score (nSPS) is 23.6. The van der Waals surface area contributed by atoms with Gasteiger partial charge in [-0.05, 0) is 44.9 Å². The lowest BCUT2D eigenvalue weighted by Gasteiger charge is -2.32. The third-order valence-corrected chi connectivity index (χ3v) is 6.58. The number of nitrogens with one attached hydrogen (secondary N) is 1. The van der Waals surface area contributed by atoms with Crippen LogP contribution in [0, 0.1) is 5.92 Å². The summed E-state index contributed by atoms with van der Waals surface area (Å²) in [5.74, 6) is -0.251. The van der Waals surface area contributed by atoms with Gasteiger partial charge in [0.25, 0.3) is 10.2 Å². The number of carbonyl (C=O) groups excluding carboxylic acids is 1. The number of amides is 1. The molecule has 0 spiro atoms. The van der Waals surface area contributed by atoms with Crippen molar-refractivity contribution in [3.05, 3.63) is 11.6 Å². The van der Waals surface area contributed by atoms with Gasteiger partial charge in [0.2, 0.25) is 5.91 Å². The van der Waals surface area contributed by atoms with Gasteiger partial charge >= 0.3 is 0 Å². The highest BCUT2D eigenvalue weighted by atomic mass is 32.2. The first-order valence-corrected chi connectivity index (χ1v) is 9.94. The molecule has 1 atom stereocenters. The van der Waals surface area contributed by atoms with Crippen molar-refractivity contribution in [3.8, 4) is 0 Å². The van der Waals surface area contributed by atoms with E-state index in [4.69, 9.17) is 0 Å². The van der Waals surface area contributed by atoms with Crippen LogP contribution in [0.2, 0.25) is 0 Å². The molecule has 0 saturated carbocycles. The average Bonchev–Trinajstić information content (AvgIpc) is 2.55. The number of hydrogen-bond acceptors (Lipinski definition) is 3. The van der Waals surface area contributed by atoms with Crippen LogP contribution in [-0.2, 0) is 15.0 Å². The Balaban J connectivity index is 1.81. The lowest BCUT2D eigenvalue weighted by atomic mass is 9.96. The van der Waals surface area contributed by atoms with Gasteiger partial charge < -0.3 is 5.32 Å². The molecule has 0 bridgehead atoms. The molecule has 1 fully saturated rings. The minimum Gasteiger partial charge on any atom is -0.356 e. The van der Waals surface area contributed by atoms with Gasteiger partial charge in [-0.25, -0.2) is 0 Å². The number of hydrogen-bond donors (Lipinski definition) is 1. The molecule has 2 rings (SSSR count). The molecule has 0 aromatic rings. The van der Waals surface area contributed by atoms with E-state index in [-0.39, 0.29) is 18.4 Å². The molecule has 0 radical (unpaired) electrons. The van der Waals surface area contributed by atoms with Crippen molar-refractivity contribution in [2.45, 2.75) is 44.9 Å². The van der Waals surface area contributed by atoms with E-state index in [2.05, 4.69) is 11.4 Å². The SMILES string of the molecule is CN(C)S(=O)(=O)N1CCC[C@@H](C(=O)NCCC2=CCCCC2)C1. The highest BCUT2D eigenvalue weighted by molar-refractivity contribution is 7.86. The van der Waals surface area contributed by atoms with Crippen LogP contribution >= 0.6 is 0 Å². The molecule has 0 unspecified atom stereocenters. The zero-order valence-electron chi connectivity index (χ0n) is 14.3. The molecule has 1 aliphatic carbocycles. The topological polar surface area (TPSA) is 69.7 Å². The molecule has 23 heavy (non-hydrogen) atoms. The molecule has 0 aromatic carbocycles. The standard InChI is InChI=1S/C16H29N3O3S/c1-18(2)23(21,22)19-12-6-9-15(13-19)16(20)17-11-10-14-7-4-3-5-8-14/h7,15H,3-6,8-13H2,1-2H3,(H,17,20)/t15-/m1/s1. The summed E-state index contributed by atoms with van der Waals surface area (Å²) in [7, 11) is -0.377. The quantitative estimate of drug-likeness (QED) is 0.743. The van der Waals surface area contributed by atoms with E-state index in [9.17, 15) is 13.2 Å². The van der Waals surface area contributed by atoms with Crippen LogP contribution in [0.1, 0.15) is 44.9 Å². The Labute approximate surface area is 140 Å². The smallest absolute Gasteiger partial charge is 0.281 e. The molecule has 1 N–H and O–H groups in total. The Morgan fingerprint density at radius 1 is 1.35 bits per heavy atom. The molecule has 1 aliphatic heterocycles. The monoisotopic (exact) mass is 343 g/mol. The molecule has 1 saturated heterocycles. The number of carbonyl (C=O) groups is 1. The predicted molar refractivity (Wildman–Crippen MR) is 91.1 cm³/mol. The second kappa shape index (κ2) is 8.26. The van der Waals surface area contributed by atoms with Crippen LogP contribution in [0.5, 0.6) is 0 Å². The van der Waals surface area contributed by atoms with Crippen molar-refractivity contribution in [2.24, 2.45) is 5.92 Å². The predicted octanol–water partition coefficient (Wildman–Crippen LogP) is 1.51. The highest BCUT2D eigenvalue weighted by Crippen LogP contribution is 2.21. The van der Waals surface area contributed by atoms with E-state index in [0.29, 0.717) is 13.1 Å². The summed E-state index contributed by atoms with van der Waals surface area (Å²) in [6.07, 6.45) is 9.52. The maximum Gasteiger partial charge on any atom is 0.281 e. The van der Waals surface area contributed by atoms with Crippen LogP contribution in [0.4, 0.5) is 0 Å². The van der Waals surface area contributed by atoms with Gasteiger partial charge in [-0.1, -0.05) is 11.6 Å². The van der Waals surface area contributed by atoms with Gasteiger partial charge in [-0.2, -0.15) is 17.0 Å². The molecule has 1 amide bonds. The molecule has 7 heteroatoms.